The van der Waals surface area contributed by atoms with Crippen LogP contribution < -0.4 is 15.5 Å². The van der Waals surface area contributed by atoms with Crippen molar-refractivity contribution in [2.75, 3.05) is 69.0 Å². The van der Waals surface area contributed by atoms with Crippen LogP contribution in [0.1, 0.15) is 270 Å². The van der Waals surface area contributed by atoms with Gasteiger partial charge in [0.25, 0.3) is 40.5 Å². The van der Waals surface area contributed by atoms with Gasteiger partial charge < -0.3 is 34.6 Å². The van der Waals surface area contributed by atoms with Crippen LogP contribution in [0, 0.1) is 0 Å². The molecule has 2 amide bonds. The highest BCUT2D eigenvalue weighted by Gasteiger charge is 2.46. The molecule has 0 radical (unpaired) electrons. The van der Waals surface area contributed by atoms with E-state index in [0.29, 0.717) is 72.4 Å². The highest BCUT2D eigenvalue weighted by molar-refractivity contribution is 7.86. The van der Waals surface area contributed by atoms with Crippen LogP contribution in [0.4, 0.5) is 16.2 Å². The van der Waals surface area contributed by atoms with Gasteiger partial charge in [0.15, 0.2) is 11.8 Å². The van der Waals surface area contributed by atoms with Gasteiger partial charge in [0.1, 0.15) is 19.8 Å². The Hall–Kier alpha value is -5.70. The van der Waals surface area contributed by atoms with Crippen LogP contribution in [0.15, 0.2) is 94.4 Å². The number of hydrogen-bond acceptors (Lipinski definition) is 19. The number of allylic oxidation sites excluding steroid dienone is 8. The van der Waals surface area contributed by atoms with Crippen LogP contribution >= 0.6 is 7.82 Å². The summed E-state index contributed by atoms with van der Waals surface area (Å²) in [4.78, 5) is 62.9. The van der Waals surface area contributed by atoms with Crippen LogP contribution in [0.3, 0.4) is 0 Å². The molecule has 0 bridgehead atoms. The maximum Gasteiger partial charge on any atom is 0.472 e. The summed E-state index contributed by atoms with van der Waals surface area (Å²) in [6.07, 6.45) is 42.4. The number of unbranched alkanes of at least 4 members (excludes halogenated alkanes) is 24. The van der Waals surface area contributed by atoms with Crippen LogP contribution in [0.5, 0.6) is 0 Å². The molecule has 0 fully saturated rings. The van der Waals surface area contributed by atoms with Crippen molar-refractivity contribution >= 4 is 89.3 Å². The van der Waals surface area contributed by atoms with Crippen LogP contribution in [-0.2, 0) is 93.5 Å². The number of amides is 2. The molecule has 2 unspecified atom stereocenters. The molecule has 624 valence electrons. The Morgan fingerprint density at radius 1 is 0.555 bits per heavy atom. The van der Waals surface area contributed by atoms with E-state index < -0.39 is 119 Å². The van der Waals surface area contributed by atoms with Crippen molar-refractivity contribution in [3.05, 3.63) is 95.8 Å². The summed E-state index contributed by atoms with van der Waals surface area (Å²) in [5.41, 5.74) is 0.958. The molecular weight excluding hydrogens is 1520 g/mol. The average Bonchev–Trinajstić information content (AvgIpc) is 1.59. The number of fused-ring (bicyclic) bond motifs is 2. The normalized spacial score (nSPS) is 16.5. The second-order valence-corrected chi connectivity index (χ2v) is 36.6. The lowest BCUT2D eigenvalue weighted by Crippen LogP contribution is -2.32. The van der Waals surface area contributed by atoms with Gasteiger partial charge >= 0.3 is 25.9 Å². The molecular formula is C78H126N4O23PS4+. The number of nitrogens with one attached hydrogen (secondary N) is 2. The molecule has 2 aromatic rings. The lowest BCUT2D eigenvalue weighted by atomic mass is 9.77. The summed E-state index contributed by atoms with van der Waals surface area (Å²) in [7, 11) is -23.0. The third kappa shape index (κ3) is 38.4. The largest absolute Gasteiger partial charge is 0.472 e. The monoisotopic (exact) mass is 1650 g/mol. The molecule has 4 rings (SSSR count). The SMILES string of the molecule is CCCCCCCC/C=C\CCCCCCCC(=O)OC[C@H](COP(=O)(O)OCCNC(=O)OCCNC(=O)CCCCCC1(C)/C(=C/C=C/C2=[N+](CCCS(=O)(=O)O)c3ccc(S(=O)(=O)O)cc3C2(C)C)N(CCCS(=O)(=O)O)c2ccc(S(=O)(=O)O)cc21)OC(=O)CCCCCCC/C=C\CCCCCCCC. The second-order valence-electron chi connectivity index (χ2n) is 29.2. The number of carbonyl (C=O) groups excluding carboxylic acids is 4. The minimum absolute atomic E-state index is 0.00615. The van der Waals surface area contributed by atoms with Crippen LogP contribution in [0.25, 0.3) is 0 Å². The molecule has 0 spiro atoms. The number of esters is 2. The van der Waals surface area contributed by atoms with Crippen LogP contribution in [0.2, 0.25) is 0 Å². The van der Waals surface area contributed by atoms with Gasteiger partial charge in [-0.1, -0.05) is 160 Å². The van der Waals surface area contributed by atoms with Crippen molar-refractivity contribution in [1.29, 1.82) is 0 Å². The number of nitrogens with zero attached hydrogens (tertiary/aromatic N) is 2. The van der Waals surface area contributed by atoms with Gasteiger partial charge in [-0.2, -0.15) is 38.2 Å². The standard InChI is InChI=1S/C78H125N4O23PS4/c1-6-8-10-12-14-16-18-20-22-24-26-28-30-32-36-45-74(84)102-62-64(105-75(85)46-37-33-31-29-27-25-23-21-19-17-15-13-11-9-7-2)63-104-106(87,88)103-57-53-80-76(86)101-56-52-79-73(83)44-35-34-38-51-78(5)68-61-66(110(98,99)100)48-50-70(68)82(55-41-59-108(92,93)94)72(78)43-39-42-71-77(3,4)67-60-65(109(95,96)97)47-49-69(67)81(71)54-40-58-107(89,90)91/h20-23,39,42-43,47-50,60-61,64H,6-19,24-38,40-41,44-46,51-59,62-63H2,1-5H3,(H6-,79,80,83,86,87,88,89,90,91,92,93,94,95,96,97,98,99,100)/p+1/b22-20-,23-21-/t64-,78?/m1/s1. The average molecular weight is 1650 g/mol. The first-order valence-electron chi connectivity index (χ1n) is 39.5. The van der Waals surface area contributed by atoms with Crippen molar-refractivity contribution in [3.63, 3.8) is 0 Å². The summed E-state index contributed by atoms with van der Waals surface area (Å²) in [6, 6.07) is 8.01. The van der Waals surface area contributed by atoms with E-state index in [1.54, 1.807) is 41.6 Å². The van der Waals surface area contributed by atoms with Gasteiger partial charge in [-0.15, -0.1) is 0 Å². The van der Waals surface area contributed by atoms with Crippen molar-refractivity contribution in [2.45, 2.75) is 286 Å². The summed E-state index contributed by atoms with van der Waals surface area (Å²) in [5.74, 6) is -2.65. The number of rotatable bonds is 61. The molecule has 0 saturated heterocycles. The second kappa shape index (κ2) is 50.5. The molecule has 0 aliphatic carbocycles. The number of carbonyl (C=O) groups is 4. The topological polar surface area (TPSA) is 400 Å². The minimum Gasteiger partial charge on any atom is -0.462 e. The Bertz CT molecular complexity index is 3880. The quantitative estimate of drug-likeness (QED) is 0.00615. The summed E-state index contributed by atoms with van der Waals surface area (Å²) in [5, 5.41) is 5.05. The Labute approximate surface area is 655 Å². The number of phosphoric ester groups is 1. The van der Waals surface area contributed by atoms with E-state index in [0.717, 1.165) is 77.0 Å². The fourth-order valence-corrected chi connectivity index (χ4v) is 16.3. The summed E-state index contributed by atoms with van der Waals surface area (Å²) < 4.78 is 178. The van der Waals surface area contributed by atoms with Crippen molar-refractivity contribution in [1.82, 2.24) is 10.6 Å². The third-order valence-electron chi connectivity index (χ3n) is 19.5. The van der Waals surface area contributed by atoms with Crippen LogP contribution in [-0.4, -0.2) is 161 Å². The lowest BCUT2D eigenvalue weighted by molar-refractivity contribution is -0.437. The number of phosphoric acid groups is 1. The highest BCUT2D eigenvalue weighted by atomic mass is 32.2. The Balaban J connectivity index is 1.28. The van der Waals surface area contributed by atoms with Gasteiger partial charge in [0, 0.05) is 73.3 Å². The predicted molar refractivity (Wildman–Crippen MR) is 426 cm³/mol. The molecule has 2 heterocycles. The zero-order valence-electron chi connectivity index (χ0n) is 65.5. The van der Waals surface area contributed by atoms with E-state index in [1.807, 2.05) is 6.92 Å². The summed E-state index contributed by atoms with van der Waals surface area (Å²) in [6.45, 7) is 7.75. The molecule has 32 heteroatoms. The first-order valence-corrected chi connectivity index (χ1v) is 47.1. The number of anilines is 1. The molecule has 27 nitrogen and oxygen atoms in total. The number of alkyl carbamates (subject to hydrolysis) is 1. The van der Waals surface area contributed by atoms with Gasteiger partial charge in [-0.3, -0.25) is 41.6 Å². The molecule has 2 aliphatic heterocycles. The maximum atomic E-state index is 13.0. The molecule has 0 aromatic heterocycles. The fraction of sp³-hybridized carbons (Fsp3) is 0.679. The Morgan fingerprint density at radius 3 is 1.60 bits per heavy atom. The predicted octanol–water partition coefficient (Wildman–Crippen LogP) is 15.8. The maximum absolute atomic E-state index is 13.0. The molecule has 110 heavy (non-hydrogen) atoms. The molecule has 7 N–H and O–H groups in total. The van der Waals surface area contributed by atoms with Crippen molar-refractivity contribution < 1.29 is 108 Å². The van der Waals surface area contributed by atoms with E-state index >= 15 is 0 Å². The van der Waals surface area contributed by atoms with E-state index in [4.69, 9.17) is 23.3 Å². The Kier molecular flexibility index (Phi) is 44.4. The lowest BCUT2D eigenvalue weighted by Gasteiger charge is -2.30. The Morgan fingerprint density at radius 2 is 1.05 bits per heavy atom. The number of ether oxygens (including phenoxy) is 3. The number of hydrogen-bond donors (Lipinski definition) is 7. The number of benzene rings is 2. The van der Waals surface area contributed by atoms with E-state index in [-0.39, 0.29) is 75.7 Å². The van der Waals surface area contributed by atoms with Crippen molar-refractivity contribution in [3.8, 4) is 0 Å². The minimum atomic E-state index is -4.80. The van der Waals surface area contributed by atoms with Gasteiger partial charge in [-0.25, -0.2) is 9.36 Å². The van der Waals surface area contributed by atoms with Gasteiger partial charge in [0.05, 0.1) is 46.5 Å². The first kappa shape index (κ1) is 96.7. The van der Waals surface area contributed by atoms with E-state index in [9.17, 15) is 80.5 Å². The molecule has 2 aliphatic rings. The highest BCUT2D eigenvalue weighted by Crippen LogP contribution is 2.52. The smallest absolute Gasteiger partial charge is 0.462 e. The zero-order valence-corrected chi connectivity index (χ0v) is 69.6. The third-order valence-corrected chi connectivity index (χ3v) is 23.8. The summed E-state index contributed by atoms with van der Waals surface area (Å²) >= 11 is 0. The molecule has 0 saturated carbocycles. The van der Waals surface area contributed by atoms with Gasteiger partial charge in [-0.05, 0) is 146 Å². The fourth-order valence-electron chi connectivity index (χ4n) is 13.5. The van der Waals surface area contributed by atoms with E-state index in [1.165, 1.54) is 113 Å². The molecule has 2 aromatic carbocycles. The van der Waals surface area contributed by atoms with E-state index in [2.05, 4.69) is 48.8 Å². The molecule has 3 atom stereocenters. The first-order chi connectivity index (χ1) is 52.1. The zero-order chi connectivity index (χ0) is 81.1. The van der Waals surface area contributed by atoms with Crippen molar-refractivity contribution in [2.24, 2.45) is 0 Å². The van der Waals surface area contributed by atoms with Gasteiger partial charge in [0.2, 0.25) is 11.6 Å².